The van der Waals surface area contributed by atoms with Crippen LogP contribution in [0.2, 0.25) is 0 Å². The zero-order valence-corrected chi connectivity index (χ0v) is 13.0. The van der Waals surface area contributed by atoms with Gasteiger partial charge in [0.2, 0.25) is 0 Å². The van der Waals surface area contributed by atoms with Crippen LogP contribution in [-0.2, 0) is 16.1 Å². The highest BCUT2D eigenvalue weighted by molar-refractivity contribution is 7.07. The van der Waals surface area contributed by atoms with E-state index in [4.69, 9.17) is 9.47 Å². The van der Waals surface area contributed by atoms with Gasteiger partial charge in [-0.1, -0.05) is 0 Å². The van der Waals surface area contributed by atoms with E-state index in [0.29, 0.717) is 23.7 Å². The second-order valence-electron chi connectivity index (χ2n) is 4.33. The van der Waals surface area contributed by atoms with Crippen LogP contribution in [0, 0.1) is 0 Å². The molecule has 0 saturated carbocycles. The molecule has 0 radical (unpaired) electrons. The van der Waals surface area contributed by atoms with Gasteiger partial charge in [-0.25, -0.2) is 0 Å². The van der Waals surface area contributed by atoms with Crippen molar-refractivity contribution < 1.29 is 19.1 Å². The third-order valence-corrected chi connectivity index (χ3v) is 3.63. The maximum absolute atomic E-state index is 11.9. The minimum Gasteiger partial charge on any atom is -0.497 e. The third kappa shape index (κ3) is 3.98. The number of rotatable bonds is 5. The number of carbonyl (C=O) groups excluding carboxylic acids is 2. The van der Waals surface area contributed by atoms with Gasteiger partial charge < -0.3 is 20.1 Å². The SMILES string of the molecule is COc1ccc(NC(=O)C(=O)NCc2ccsc2)c(OC)c1. The predicted molar refractivity (Wildman–Crippen MR) is 84.3 cm³/mol. The lowest BCUT2D eigenvalue weighted by molar-refractivity contribution is -0.136. The lowest BCUT2D eigenvalue weighted by Crippen LogP contribution is -2.34. The van der Waals surface area contributed by atoms with E-state index >= 15 is 0 Å². The lowest BCUT2D eigenvalue weighted by Gasteiger charge is -2.11. The van der Waals surface area contributed by atoms with Crippen molar-refractivity contribution in [1.29, 1.82) is 0 Å². The Kier molecular flexibility index (Phi) is 5.37. The fraction of sp³-hybridized carbons (Fsp3) is 0.200. The van der Waals surface area contributed by atoms with Crippen LogP contribution in [-0.4, -0.2) is 26.0 Å². The summed E-state index contributed by atoms with van der Waals surface area (Å²) in [7, 11) is 3.01. The summed E-state index contributed by atoms with van der Waals surface area (Å²) in [6.45, 7) is 0.315. The van der Waals surface area contributed by atoms with Gasteiger partial charge in [0.25, 0.3) is 0 Å². The number of carbonyl (C=O) groups is 2. The summed E-state index contributed by atoms with van der Waals surface area (Å²) in [5, 5.41) is 8.88. The number of amides is 2. The van der Waals surface area contributed by atoms with Crippen LogP contribution in [0.3, 0.4) is 0 Å². The number of hydrogen-bond acceptors (Lipinski definition) is 5. The molecule has 0 aliphatic carbocycles. The normalized spacial score (nSPS) is 9.91. The van der Waals surface area contributed by atoms with Gasteiger partial charge >= 0.3 is 11.8 Å². The molecule has 2 aromatic rings. The summed E-state index contributed by atoms with van der Waals surface area (Å²) >= 11 is 1.53. The molecule has 22 heavy (non-hydrogen) atoms. The number of benzene rings is 1. The van der Waals surface area contributed by atoms with Gasteiger partial charge in [0.1, 0.15) is 11.5 Å². The summed E-state index contributed by atoms with van der Waals surface area (Å²) in [6.07, 6.45) is 0. The van der Waals surface area contributed by atoms with E-state index in [1.165, 1.54) is 25.6 Å². The largest absolute Gasteiger partial charge is 0.497 e. The van der Waals surface area contributed by atoms with Gasteiger partial charge in [-0.15, -0.1) is 0 Å². The first-order valence-corrected chi connectivity index (χ1v) is 7.40. The van der Waals surface area contributed by atoms with Crippen LogP contribution in [0.5, 0.6) is 11.5 Å². The Morgan fingerprint density at radius 3 is 2.59 bits per heavy atom. The summed E-state index contributed by atoms with van der Waals surface area (Å²) < 4.78 is 10.2. The molecular weight excluding hydrogens is 304 g/mol. The van der Waals surface area contributed by atoms with Crippen LogP contribution >= 0.6 is 11.3 Å². The molecule has 1 aromatic carbocycles. The monoisotopic (exact) mass is 320 g/mol. The molecular formula is C15H16N2O4S. The summed E-state index contributed by atoms with van der Waals surface area (Å²) in [6, 6.07) is 6.79. The van der Waals surface area contributed by atoms with Gasteiger partial charge in [-0.2, -0.15) is 11.3 Å². The Morgan fingerprint density at radius 2 is 1.95 bits per heavy atom. The summed E-state index contributed by atoms with van der Waals surface area (Å²) in [4.78, 5) is 23.7. The number of thiophene rings is 1. The molecule has 1 heterocycles. The van der Waals surface area contributed by atoms with Crippen LogP contribution < -0.4 is 20.1 Å². The lowest BCUT2D eigenvalue weighted by atomic mass is 10.2. The summed E-state index contributed by atoms with van der Waals surface area (Å²) in [5.74, 6) is -0.446. The molecule has 0 spiro atoms. The maximum Gasteiger partial charge on any atom is 0.313 e. The Hall–Kier alpha value is -2.54. The third-order valence-electron chi connectivity index (χ3n) is 2.90. The Morgan fingerprint density at radius 1 is 1.14 bits per heavy atom. The highest BCUT2D eigenvalue weighted by atomic mass is 32.1. The van der Waals surface area contributed by atoms with Gasteiger partial charge in [-0.05, 0) is 34.5 Å². The number of ether oxygens (including phenoxy) is 2. The first kappa shape index (κ1) is 15.8. The van der Waals surface area contributed by atoms with E-state index in [2.05, 4.69) is 10.6 Å². The number of hydrogen-bond donors (Lipinski definition) is 2. The van der Waals surface area contributed by atoms with Crippen molar-refractivity contribution in [2.24, 2.45) is 0 Å². The van der Waals surface area contributed by atoms with Crippen LogP contribution in [0.1, 0.15) is 5.56 Å². The first-order valence-electron chi connectivity index (χ1n) is 6.46. The number of methoxy groups -OCH3 is 2. The molecule has 0 fully saturated rings. The molecule has 2 amide bonds. The molecule has 7 heteroatoms. The molecule has 0 unspecified atom stereocenters. The average Bonchev–Trinajstić information content (AvgIpc) is 3.06. The predicted octanol–water partition coefficient (Wildman–Crippen LogP) is 2.02. The fourth-order valence-electron chi connectivity index (χ4n) is 1.74. The van der Waals surface area contributed by atoms with Crippen LogP contribution in [0.25, 0.3) is 0 Å². The molecule has 0 aliphatic rings. The van der Waals surface area contributed by atoms with Gasteiger partial charge in [0.05, 0.1) is 19.9 Å². The van der Waals surface area contributed by atoms with Crippen molar-refractivity contribution in [2.45, 2.75) is 6.54 Å². The Labute approximate surface area is 132 Å². The average molecular weight is 320 g/mol. The molecule has 0 atom stereocenters. The van der Waals surface area contributed by atoms with Gasteiger partial charge in [-0.3, -0.25) is 9.59 Å². The molecule has 2 rings (SSSR count). The zero-order chi connectivity index (χ0) is 15.9. The Balaban J connectivity index is 1.97. The molecule has 116 valence electrons. The smallest absolute Gasteiger partial charge is 0.313 e. The number of nitrogens with one attached hydrogen (secondary N) is 2. The molecule has 0 saturated heterocycles. The highest BCUT2D eigenvalue weighted by Crippen LogP contribution is 2.28. The zero-order valence-electron chi connectivity index (χ0n) is 12.2. The fourth-order valence-corrected chi connectivity index (χ4v) is 2.41. The van der Waals surface area contributed by atoms with Crippen LogP contribution in [0.15, 0.2) is 35.0 Å². The van der Waals surface area contributed by atoms with Crippen molar-refractivity contribution in [2.75, 3.05) is 19.5 Å². The van der Waals surface area contributed by atoms with Crippen molar-refractivity contribution >= 4 is 28.8 Å². The first-order chi connectivity index (χ1) is 10.6. The standard InChI is InChI=1S/C15H16N2O4S/c1-20-11-3-4-12(13(7-11)21-2)17-15(19)14(18)16-8-10-5-6-22-9-10/h3-7,9H,8H2,1-2H3,(H,16,18)(H,17,19). The molecule has 2 N–H and O–H groups in total. The second kappa shape index (κ2) is 7.46. The van der Waals surface area contributed by atoms with E-state index in [0.717, 1.165) is 5.56 Å². The van der Waals surface area contributed by atoms with Crippen LogP contribution in [0.4, 0.5) is 5.69 Å². The van der Waals surface area contributed by atoms with Crippen molar-refractivity contribution in [3.8, 4) is 11.5 Å². The van der Waals surface area contributed by atoms with E-state index < -0.39 is 11.8 Å². The van der Waals surface area contributed by atoms with Crippen molar-refractivity contribution in [3.05, 3.63) is 40.6 Å². The van der Waals surface area contributed by atoms with Crippen molar-refractivity contribution in [1.82, 2.24) is 5.32 Å². The molecule has 1 aromatic heterocycles. The second-order valence-corrected chi connectivity index (χ2v) is 5.11. The minimum atomic E-state index is -0.751. The number of anilines is 1. The van der Waals surface area contributed by atoms with E-state index in [1.54, 1.807) is 18.2 Å². The van der Waals surface area contributed by atoms with Gasteiger partial charge in [0.15, 0.2) is 0 Å². The van der Waals surface area contributed by atoms with E-state index in [1.807, 2.05) is 16.8 Å². The molecule has 6 nitrogen and oxygen atoms in total. The van der Waals surface area contributed by atoms with Crippen molar-refractivity contribution in [3.63, 3.8) is 0 Å². The minimum absolute atomic E-state index is 0.315. The summed E-state index contributed by atoms with van der Waals surface area (Å²) in [5.41, 5.74) is 1.35. The quantitative estimate of drug-likeness (QED) is 0.826. The maximum atomic E-state index is 11.9. The van der Waals surface area contributed by atoms with E-state index in [9.17, 15) is 9.59 Å². The highest BCUT2D eigenvalue weighted by Gasteiger charge is 2.16. The topological polar surface area (TPSA) is 76.7 Å². The van der Waals surface area contributed by atoms with Gasteiger partial charge in [0, 0.05) is 12.6 Å². The molecule has 0 bridgehead atoms. The Bertz CT molecular complexity index is 656. The molecule has 0 aliphatic heterocycles. The van der Waals surface area contributed by atoms with E-state index in [-0.39, 0.29) is 0 Å².